The number of hydrogen-bond acceptors (Lipinski definition) is 3. The number of nitrogens with zero attached hydrogens (tertiary/aromatic N) is 4. The van der Waals surface area contributed by atoms with Crippen molar-refractivity contribution in [2.45, 2.75) is 27.7 Å². The minimum absolute atomic E-state index is 0.892. The number of aromatic nitrogens is 4. The largest absolute Gasteiger partial charge is 0.279 e. The lowest BCUT2D eigenvalue weighted by Crippen LogP contribution is -2.00. The molecule has 3 heterocycles. The molecular weight excluding hydrogens is 212 g/mol. The van der Waals surface area contributed by atoms with Crippen LogP contribution < -0.4 is 0 Å². The van der Waals surface area contributed by atoms with Crippen LogP contribution in [-0.2, 0) is 0 Å². The van der Waals surface area contributed by atoms with E-state index in [-0.39, 0.29) is 0 Å². The summed E-state index contributed by atoms with van der Waals surface area (Å²) in [6, 6.07) is 2.01. The Bertz CT molecular complexity index is 740. The molecule has 4 heteroatoms. The summed E-state index contributed by atoms with van der Waals surface area (Å²) in [6.07, 6.45) is 1.74. The first-order valence-corrected chi connectivity index (χ1v) is 5.67. The van der Waals surface area contributed by atoms with Gasteiger partial charge in [0.05, 0.1) is 11.9 Å². The van der Waals surface area contributed by atoms with Gasteiger partial charge in [-0.15, -0.1) is 5.10 Å². The fourth-order valence-corrected chi connectivity index (χ4v) is 2.27. The van der Waals surface area contributed by atoms with Crippen LogP contribution in [0.1, 0.15) is 22.5 Å². The van der Waals surface area contributed by atoms with Gasteiger partial charge in [-0.25, -0.2) is 4.98 Å². The smallest absolute Gasteiger partial charge is 0.168 e. The van der Waals surface area contributed by atoms with Gasteiger partial charge in [0, 0.05) is 11.1 Å². The molecule has 4 nitrogen and oxygen atoms in total. The quantitative estimate of drug-likeness (QED) is 0.591. The lowest BCUT2D eigenvalue weighted by Gasteiger charge is -2.08. The van der Waals surface area contributed by atoms with Gasteiger partial charge in [0.2, 0.25) is 0 Å². The van der Waals surface area contributed by atoms with Gasteiger partial charge in [-0.1, -0.05) is 0 Å². The van der Waals surface area contributed by atoms with Gasteiger partial charge in [-0.05, 0) is 44.9 Å². The minimum Gasteiger partial charge on any atom is -0.279 e. The fraction of sp³-hybridized carbons (Fsp3) is 0.308. The second-order valence-corrected chi connectivity index (χ2v) is 4.46. The highest BCUT2D eigenvalue weighted by molar-refractivity contribution is 5.84. The van der Waals surface area contributed by atoms with Crippen LogP contribution in [0.3, 0.4) is 0 Å². The van der Waals surface area contributed by atoms with E-state index in [1.807, 2.05) is 13.0 Å². The van der Waals surface area contributed by atoms with Crippen molar-refractivity contribution in [1.82, 2.24) is 19.6 Å². The number of hydrogen-bond donors (Lipinski definition) is 0. The maximum atomic E-state index is 4.62. The summed E-state index contributed by atoms with van der Waals surface area (Å²) < 4.78 is 2.10. The third-order valence-corrected chi connectivity index (χ3v) is 3.56. The van der Waals surface area contributed by atoms with Gasteiger partial charge in [0.25, 0.3) is 0 Å². The maximum Gasteiger partial charge on any atom is 0.168 e. The average Bonchev–Trinajstić information content (AvgIpc) is 2.63. The predicted molar refractivity (Wildman–Crippen MR) is 67.2 cm³/mol. The van der Waals surface area contributed by atoms with Gasteiger partial charge >= 0.3 is 0 Å². The van der Waals surface area contributed by atoms with Crippen molar-refractivity contribution in [3.8, 4) is 0 Å². The minimum atomic E-state index is 0.892. The summed E-state index contributed by atoms with van der Waals surface area (Å²) in [5.41, 5.74) is 6.50. The Kier molecular flexibility index (Phi) is 1.96. The Labute approximate surface area is 99.3 Å². The molecule has 0 bridgehead atoms. The van der Waals surface area contributed by atoms with Crippen LogP contribution >= 0.6 is 0 Å². The maximum absolute atomic E-state index is 4.62. The van der Waals surface area contributed by atoms with E-state index in [1.165, 1.54) is 11.1 Å². The zero-order valence-corrected chi connectivity index (χ0v) is 10.4. The summed E-state index contributed by atoms with van der Waals surface area (Å²) in [4.78, 5) is 4.62. The summed E-state index contributed by atoms with van der Waals surface area (Å²) in [5.74, 6) is 0. The van der Waals surface area contributed by atoms with Crippen LogP contribution in [0.25, 0.3) is 16.7 Å². The van der Waals surface area contributed by atoms with Crippen LogP contribution in [0.4, 0.5) is 0 Å². The van der Waals surface area contributed by atoms with Crippen molar-refractivity contribution < 1.29 is 0 Å². The highest BCUT2D eigenvalue weighted by atomic mass is 15.2. The standard InChI is InChI=1S/C13H14N4/c1-7-8(2)12-15-9(3)10(4)17(12)13-11(7)5-6-14-16-13/h5-6H,1-4H3. The third-order valence-electron chi connectivity index (χ3n) is 3.56. The second kappa shape index (κ2) is 3.26. The molecule has 0 saturated carbocycles. The molecule has 0 atom stereocenters. The number of imidazole rings is 1. The average molecular weight is 226 g/mol. The molecule has 0 spiro atoms. The molecule has 3 aromatic rings. The molecule has 0 aromatic carbocycles. The summed E-state index contributed by atoms with van der Waals surface area (Å²) in [7, 11) is 0. The van der Waals surface area contributed by atoms with E-state index in [9.17, 15) is 0 Å². The Balaban J connectivity index is 2.71. The predicted octanol–water partition coefficient (Wildman–Crippen LogP) is 2.51. The van der Waals surface area contributed by atoms with Gasteiger partial charge in [0.1, 0.15) is 5.65 Å². The molecule has 0 aliphatic carbocycles. The highest BCUT2D eigenvalue weighted by Gasteiger charge is 2.14. The lowest BCUT2D eigenvalue weighted by atomic mass is 10.1. The Morgan fingerprint density at radius 1 is 1.00 bits per heavy atom. The number of aryl methyl sites for hydroxylation is 4. The molecule has 0 aliphatic rings. The van der Waals surface area contributed by atoms with E-state index in [1.54, 1.807) is 6.20 Å². The van der Waals surface area contributed by atoms with Crippen molar-refractivity contribution in [3.05, 3.63) is 34.8 Å². The van der Waals surface area contributed by atoms with Crippen molar-refractivity contribution in [1.29, 1.82) is 0 Å². The first kappa shape index (κ1) is 10.2. The van der Waals surface area contributed by atoms with E-state index in [0.29, 0.717) is 0 Å². The summed E-state index contributed by atoms with van der Waals surface area (Å²) >= 11 is 0. The SMILES string of the molecule is Cc1nc2c(C)c(C)c3ccnnc3n2c1C. The highest BCUT2D eigenvalue weighted by Crippen LogP contribution is 2.25. The number of rotatable bonds is 0. The van der Waals surface area contributed by atoms with Crippen molar-refractivity contribution in [3.63, 3.8) is 0 Å². The molecule has 86 valence electrons. The van der Waals surface area contributed by atoms with Crippen LogP contribution in [0.2, 0.25) is 0 Å². The number of fused-ring (bicyclic) bond motifs is 3. The third kappa shape index (κ3) is 1.21. The lowest BCUT2D eigenvalue weighted by molar-refractivity contribution is 1.01. The Morgan fingerprint density at radius 3 is 2.53 bits per heavy atom. The molecule has 0 saturated heterocycles. The molecule has 0 radical (unpaired) electrons. The van der Waals surface area contributed by atoms with Gasteiger partial charge < -0.3 is 0 Å². The van der Waals surface area contributed by atoms with Crippen LogP contribution in [0.5, 0.6) is 0 Å². The Morgan fingerprint density at radius 2 is 1.76 bits per heavy atom. The van der Waals surface area contributed by atoms with Gasteiger partial charge in [-0.2, -0.15) is 5.10 Å². The summed E-state index contributed by atoms with van der Waals surface area (Å²) in [6.45, 7) is 8.31. The van der Waals surface area contributed by atoms with E-state index in [2.05, 4.69) is 40.4 Å². The first-order valence-electron chi connectivity index (χ1n) is 5.67. The zero-order chi connectivity index (χ0) is 12.2. The van der Waals surface area contributed by atoms with Crippen LogP contribution in [0, 0.1) is 27.7 Å². The van der Waals surface area contributed by atoms with Crippen molar-refractivity contribution in [2.24, 2.45) is 0 Å². The normalized spacial score (nSPS) is 11.5. The molecule has 0 unspecified atom stereocenters. The molecule has 3 aromatic heterocycles. The monoisotopic (exact) mass is 226 g/mol. The fourth-order valence-electron chi connectivity index (χ4n) is 2.27. The van der Waals surface area contributed by atoms with Crippen LogP contribution in [0.15, 0.2) is 12.3 Å². The van der Waals surface area contributed by atoms with E-state index >= 15 is 0 Å². The molecule has 0 fully saturated rings. The van der Waals surface area contributed by atoms with Crippen LogP contribution in [-0.4, -0.2) is 19.6 Å². The molecule has 0 N–H and O–H groups in total. The summed E-state index contributed by atoms with van der Waals surface area (Å²) in [5, 5.41) is 9.39. The molecule has 3 rings (SSSR count). The topological polar surface area (TPSA) is 43.1 Å². The van der Waals surface area contributed by atoms with E-state index in [0.717, 1.165) is 28.1 Å². The molecule has 0 amide bonds. The Hall–Kier alpha value is -1.97. The second-order valence-electron chi connectivity index (χ2n) is 4.46. The van der Waals surface area contributed by atoms with Gasteiger partial charge in [-0.3, -0.25) is 4.40 Å². The van der Waals surface area contributed by atoms with E-state index in [4.69, 9.17) is 0 Å². The van der Waals surface area contributed by atoms with Gasteiger partial charge in [0.15, 0.2) is 5.65 Å². The zero-order valence-electron chi connectivity index (χ0n) is 10.4. The molecule has 0 aliphatic heterocycles. The molecule has 17 heavy (non-hydrogen) atoms. The first-order chi connectivity index (χ1) is 8.11. The van der Waals surface area contributed by atoms with Crippen molar-refractivity contribution >= 4 is 16.7 Å². The van der Waals surface area contributed by atoms with Crippen molar-refractivity contribution in [2.75, 3.05) is 0 Å². The molecular formula is C13H14N4. The number of pyridine rings is 1. The van der Waals surface area contributed by atoms with E-state index < -0.39 is 0 Å².